The number of nitriles is 2. The number of aromatic carboxylic acids is 2. The second-order valence-corrected chi connectivity index (χ2v) is 13.9. The Bertz CT molecular complexity index is 2940. The maximum absolute atomic E-state index is 11.1. The van der Waals surface area contributed by atoms with Crippen molar-refractivity contribution in [3.8, 4) is 40.3 Å². The van der Waals surface area contributed by atoms with Gasteiger partial charge in [0.15, 0.2) is 0 Å². The van der Waals surface area contributed by atoms with E-state index in [1.165, 1.54) is 36.0 Å². The summed E-state index contributed by atoms with van der Waals surface area (Å²) in [4.78, 5) is 37.8. The van der Waals surface area contributed by atoms with Gasteiger partial charge in [0.25, 0.3) is 0 Å². The smallest absolute Gasteiger partial charge is 0.335 e. The van der Waals surface area contributed by atoms with Crippen LogP contribution in [0.2, 0.25) is 0 Å². The second kappa shape index (κ2) is 21.9. The Morgan fingerprint density at radius 3 is 1.59 bits per heavy atom. The molecule has 0 aliphatic carbocycles. The molecule has 15 heteroatoms. The van der Waals surface area contributed by atoms with Gasteiger partial charge in [0.1, 0.15) is 41.0 Å². The standard InChI is InChI=1S/C21H14N4O3.C19H12N4S.C8H8O3/c1-24-18-17(14-7-3-2-4-8-14)16(11-22)20(25-19(18)23)28-12-13-6-5-9-15(10-13)21(26)27;1-22-17-16(13-8-4-2-5-9-13)15(12-20)19(23-18(17)21)24-14-10-6-3-7-11-14;9-5-6-2-1-3-7(4-6)8(10)11/h2-10H,12H2,(H2,23,25)(H,26,27);2-11H,(H2,21,23);1-4,9H,5H2,(H,10,11). The predicted molar refractivity (Wildman–Crippen MR) is 238 cm³/mol. The molecule has 7 aromatic rings. The molecule has 0 unspecified atom stereocenters. The van der Waals surface area contributed by atoms with Gasteiger partial charge < -0.3 is 31.5 Å². The summed E-state index contributed by atoms with van der Waals surface area (Å²) in [7, 11) is 0. The number of nitrogen functional groups attached to an aromatic ring is 2. The van der Waals surface area contributed by atoms with Crippen molar-refractivity contribution in [3.05, 3.63) is 196 Å². The highest BCUT2D eigenvalue weighted by atomic mass is 32.2. The number of aliphatic hydroxyl groups excluding tert-OH is 1. The minimum atomic E-state index is -1.05. The highest BCUT2D eigenvalue weighted by Crippen LogP contribution is 2.43. The molecule has 0 fully saturated rings. The normalized spacial score (nSPS) is 9.86. The molecule has 2 aromatic heterocycles. The summed E-state index contributed by atoms with van der Waals surface area (Å²) < 4.78 is 5.68. The summed E-state index contributed by atoms with van der Waals surface area (Å²) in [5, 5.41) is 46.2. The minimum absolute atomic E-state index is 0.00612. The van der Waals surface area contributed by atoms with Crippen LogP contribution in [-0.2, 0) is 13.2 Å². The molecule has 308 valence electrons. The van der Waals surface area contributed by atoms with Crippen LogP contribution < -0.4 is 16.2 Å². The Balaban J connectivity index is 0.000000194. The summed E-state index contributed by atoms with van der Waals surface area (Å²) in [5.74, 6) is -1.93. The van der Waals surface area contributed by atoms with Gasteiger partial charge in [-0.05, 0) is 58.7 Å². The zero-order chi connectivity index (χ0) is 45.3. The predicted octanol–water partition coefficient (Wildman–Crippen LogP) is 9.81. The van der Waals surface area contributed by atoms with E-state index in [0.29, 0.717) is 38.4 Å². The minimum Gasteiger partial charge on any atom is -0.478 e. The van der Waals surface area contributed by atoms with Crippen LogP contribution in [0.1, 0.15) is 43.0 Å². The molecule has 0 amide bonds. The van der Waals surface area contributed by atoms with Crippen LogP contribution in [0.25, 0.3) is 31.9 Å². The summed E-state index contributed by atoms with van der Waals surface area (Å²) in [6.45, 7) is 14.7. The number of carboxylic acids is 2. The summed E-state index contributed by atoms with van der Waals surface area (Å²) >= 11 is 1.36. The Morgan fingerprint density at radius 2 is 1.11 bits per heavy atom. The van der Waals surface area contributed by atoms with Crippen LogP contribution in [0.15, 0.2) is 149 Å². The average Bonchev–Trinajstić information content (AvgIpc) is 3.31. The SMILES string of the molecule is O=C(O)c1cccc(CO)c1.[C-]#[N+]c1c(N)nc(OCc2cccc(C(=O)O)c2)c(C#N)c1-c1ccccc1.[C-]#[N+]c1c(N)nc(Sc2ccccc2)c(C#N)c1-c1ccccc1. The van der Waals surface area contributed by atoms with E-state index in [4.69, 9.17) is 44.7 Å². The molecule has 7 rings (SSSR count). The maximum atomic E-state index is 11.1. The first-order valence-electron chi connectivity index (χ1n) is 18.5. The number of ether oxygens (including phenoxy) is 1. The number of carboxylic acid groups (broad SMARTS) is 2. The van der Waals surface area contributed by atoms with Crippen molar-refractivity contribution in [2.75, 3.05) is 11.5 Å². The van der Waals surface area contributed by atoms with Crippen molar-refractivity contribution in [2.24, 2.45) is 0 Å². The third-order valence-corrected chi connectivity index (χ3v) is 9.76. The summed E-state index contributed by atoms with van der Waals surface area (Å²) in [6, 6.07) is 44.6. The van der Waals surface area contributed by atoms with Gasteiger partial charge in [0.05, 0.1) is 36.4 Å². The topological polar surface area (TPSA) is 238 Å². The third-order valence-electron chi connectivity index (χ3n) is 8.77. The van der Waals surface area contributed by atoms with E-state index >= 15 is 0 Å². The second-order valence-electron chi connectivity index (χ2n) is 12.9. The number of hydrogen-bond acceptors (Lipinski definition) is 11. The first-order valence-corrected chi connectivity index (χ1v) is 19.3. The van der Waals surface area contributed by atoms with Gasteiger partial charge in [-0.3, -0.25) is 0 Å². The fraction of sp³-hybridized carbons (Fsp3) is 0.0417. The Labute approximate surface area is 366 Å². The number of anilines is 2. The lowest BCUT2D eigenvalue weighted by molar-refractivity contribution is 0.0686. The number of aromatic nitrogens is 2. The molecule has 0 aliphatic rings. The number of hydrogen-bond donors (Lipinski definition) is 5. The van der Waals surface area contributed by atoms with Gasteiger partial charge in [-0.15, -0.1) is 0 Å². The van der Waals surface area contributed by atoms with Crippen LogP contribution in [0.3, 0.4) is 0 Å². The quantitative estimate of drug-likeness (QED) is 0.0806. The fourth-order valence-electron chi connectivity index (χ4n) is 5.88. The lowest BCUT2D eigenvalue weighted by Crippen LogP contribution is -2.05. The average molecular weight is 851 g/mol. The molecule has 0 saturated heterocycles. The number of nitrogens with two attached hydrogens (primary N) is 2. The number of benzene rings is 5. The van der Waals surface area contributed by atoms with Crippen LogP contribution in [0, 0.1) is 35.8 Å². The molecule has 0 aliphatic heterocycles. The highest BCUT2D eigenvalue weighted by Gasteiger charge is 2.22. The molecule has 0 radical (unpaired) electrons. The number of rotatable bonds is 10. The molecule has 5 aromatic carbocycles. The molecular formula is C48H34N8O6S. The largest absolute Gasteiger partial charge is 0.478 e. The molecule has 7 N–H and O–H groups in total. The van der Waals surface area contributed by atoms with Gasteiger partial charge in [0.2, 0.25) is 17.3 Å². The van der Waals surface area contributed by atoms with Crippen molar-refractivity contribution in [2.45, 2.75) is 23.1 Å². The van der Waals surface area contributed by atoms with Crippen molar-refractivity contribution in [1.82, 2.24) is 9.97 Å². The first kappa shape index (κ1) is 45.1. The van der Waals surface area contributed by atoms with E-state index in [1.54, 1.807) is 48.5 Å². The van der Waals surface area contributed by atoms with Gasteiger partial charge in [-0.1, -0.05) is 115 Å². The van der Waals surface area contributed by atoms with Crippen molar-refractivity contribution >= 4 is 46.7 Å². The van der Waals surface area contributed by atoms with E-state index in [-0.39, 0.29) is 58.8 Å². The van der Waals surface area contributed by atoms with Gasteiger partial charge in [0, 0.05) is 16.0 Å². The van der Waals surface area contributed by atoms with Gasteiger partial charge in [-0.2, -0.15) is 10.5 Å². The first-order chi connectivity index (χ1) is 30.5. The zero-order valence-electron chi connectivity index (χ0n) is 33.0. The molecule has 0 bridgehead atoms. The molecule has 2 heterocycles. The Morgan fingerprint density at radius 1 is 0.651 bits per heavy atom. The molecule has 63 heavy (non-hydrogen) atoms. The third kappa shape index (κ3) is 11.4. The van der Waals surface area contributed by atoms with Gasteiger partial charge >= 0.3 is 11.9 Å². The van der Waals surface area contributed by atoms with Crippen molar-refractivity contribution in [3.63, 3.8) is 0 Å². The zero-order valence-corrected chi connectivity index (χ0v) is 33.8. The lowest BCUT2D eigenvalue weighted by atomic mass is 9.99. The molecule has 0 spiro atoms. The van der Waals surface area contributed by atoms with E-state index in [0.717, 1.165) is 10.5 Å². The van der Waals surface area contributed by atoms with E-state index in [9.17, 15) is 20.1 Å². The van der Waals surface area contributed by atoms with E-state index < -0.39 is 11.9 Å². The van der Waals surface area contributed by atoms with E-state index in [1.807, 2.05) is 72.8 Å². The Hall–Kier alpha value is -8.99. The lowest BCUT2D eigenvalue weighted by Gasteiger charge is -2.14. The molecular weight excluding hydrogens is 817 g/mol. The van der Waals surface area contributed by atoms with Crippen molar-refractivity contribution < 1.29 is 29.6 Å². The van der Waals surface area contributed by atoms with Crippen molar-refractivity contribution in [1.29, 1.82) is 10.5 Å². The number of aliphatic hydroxyl groups is 1. The molecule has 14 nitrogen and oxygen atoms in total. The van der Waals surface area contributed by atoms with Crippen LogP contribution in [0.5, 0.6) is 5.88 Å². The van der Waals surface area contributed by atoms with Crippen LogP contribution >= 0.6 is 11.8 Å². The monoisotopic (exact) mass is 850 g/mol. The summed E-state index contributed by atoms with van der Waals surface area (Å²) in [5.41, 5.74) is 16.6. The Kier molecular flexibility index (Phi) is 15.6. The summed E-state index contributed by atoms with van der Waals surface area (Å²) in [6.07, 6.45) is 0. The highest BCUT2D eigenvalue weighted by molar-refractivity contribution is 7.99. The molecule has 0 atom stereocenters. The molecule has 0 saturated carbocycles. The van der Waals surface area contributed by atoms with Crippen LogP contribution in [0.4, 0.5) is 23.0 Å². The number of nitrogens with zero attached hydrogens (tertiary/aromatic N) is 6. The number of pyridine rings is 2. The fourth-order valence-corrected chi connectivity index (χ4v) is 6.79. The van der Waals surface area contributed by atoms with Crippen LogP contribution in [-0.4, -0.2) is 37.2 Å². The maximum Gasteiger partial charge on any atom is 0.335 e. The number of carbonyl (C=O) groups is 2. The van der Waals surface area contributed by atoms with Gasteiger partial charge in [-0.25, -0.2) is 29.2 Å². The van der Waals surface area contributed by atoms with E-state index in [2.05, 4.69) is 25.7 Å².